The smallest absolute Gasteiger partial charge is 0.161 e. The van der Waals surface area contributed by atoms with E-state index in [0.29, 0.717) is 24.5 Å². The molecule has 1 aromatic rings. The molecule has 0 radical (unpaired) electrons. The molecule has 0 amide bonds. The zero-order valence-electron chi connectivity index (χ0n) is 13.1. The number of hydrogen-bond acceptors (Lipinski definition) is 3. The van der Waals surface area contributed by atoms with E-state index in [9.17, 15) is 4.39 Å². The van der Waals surface area contributed by atoms with Crippen molar-refractivity contribution in [1.29, 1.82) is 0 Å². The zero-order chi connectivity index (χ0) is 15.1. The number of benzene rings is 1. The van der Waals surface area contributed by atoms with Crippen molar-refractivity contribution in [2.24, 2.45) is 0 Å². The third-order valence-electron chi connectivity index (χ3n) is 4.49. The van der Waals surface area contributed by atoms with Gasteiger partial charge in [-0.25, -0.2) is 4.39 Å². The maximum Gasteiger partial charge on any atom is 0.161 e. The van der Waals surface area contributed by atoms with Crippen molar-refractivity contribution < 1.29 is 13.9 Å². The number of alkyl halides is 1. The Morgan fingerprint density at radius 2 is 1.81 bits per heavy atom. The Kier molecular flexibility index (Phi) is 3.60. The maximum absolute atomic E-state index is 14.8. The number of fused-ring (bicyclic) bond motifs is 1. The Bertz CT molecular complexity index is 530. The molecule has 1 atom stereocenters. The summed E-state index contributed by atoms with van der Waals surface area (Å²) in [6.07, 6.45) is 2.97. The fourth-order valence-electron chi connectivity index (χ4n) is 3.28. The molecule has 1 unspecified atom stereocenters. The van der Waals surface area contributed by atoms with Crippen molar-refractivity contribution in [2.45, 2.75) is 51.2 Å². The van der Waals surface area contributed by atoms with Gasteiger partial charge >= 0.3 is 0 Å². The third kappa shape index (κ3) is 2.73. The van der Waals surface area contributed by atoms with E-state index in [4.69, 9.17) is 9.47 Å². The lowest BCUT2D eigenvalue weighted by Gasteiger charge is -2.32. The molecule has 3 rings (SSSR count). The zero-order valence-corrected chi connectivity index (χ0v) is 13.1. The van der Waals surface area contributed by atoms with Crippen LogP contribution in [0, 0.1) is 0 Å². The highest BCUT2D eigenvalue weighted by atomic mass is 19.1. The standard InChI is InChI=1S/C17H24FNO2/c1-16(2,18)12-10-14-15(21-9-5-8-20-14)11-13(12)17(3)6-4-7-19-17/h10-11,19H,4-9H2,1-3H3. The number of hydrogen-bond donors (Lipinski definition) is 1. The molecule has 0 aliphatic carbocycles. The molecule has 0 saturated carbocycles. The summed E-state index contributed by atoms with van der Waals surface area (Å²) in [5, 5.41) is 3.52. The molecule has 0 spiro atoms. The molecule has 3 nitrogen and oxygen atoms in total. The van der Waals surface area contributed by atoms with Gasteiger partial charge in [-0.15, -0.1) is 0 Å². The van der Waals surface area contributed by atoms with Crippen molar-refractivity contribution in [3.8, 4) is 11.5 Å². The van der Waals surface area contributed by atoms with Crippen LogP contribution in [0.2, 0.25) is 0 Å². The maximum atomic E-state index is 14.8. The van der Waals surface area contributed by atoms with Crippen LogP contribution in [0.3, 0.4) is 0 Å². The summed E-state index contributed by atoms with van der Waals surface area (Å²) in [6.45, 7) is 7.59. The van der Waals surface area contributed by atoms with Crippen LogP contribution in [-0.4, -0.2) is 19.8 Å². The van der Waals surface area contributed by atoms with Crippen LogP contribution < -0.4 is 14.8 Å². The molecule has 1 aromatic carbocycles. The highest BCUT2D eigenvalue weighted by molar-refractivity contribution is 5.52. The Balaban J connectivity index is 2.14. The minimum Gasteiger partial charge on any atom is -0.490 e. The number of rotatable bonds is 2. The van der Waals surface area contributed by atoms with Gasteiger partial charge in [0.15, 0.2) is 11.5 Å². The molecular formula is C17H24FNO2. The molecule has 2 aliphatic rings. The SMILES string of the molecule is CC(C)(F)c1cc2c(cc1C1(C)CCCN1)OCCCO2. The summed E-state index contributed by atoms with van der Waals surface area (Å²) in [5.41, 5.74) is 0.0943. The fourth-order valence-corrected chi connectivity index (χ4v) is 3.28. The van der Waals surface area contributed by atoms with Gasteiger partial charge in [-0.05, 0) is 63.4 Å². The monoisotopic (exact) mass is 293 g/mol. The largest absolute Gasteiger partial charge is 0.490 e. The van der Waals surface area contributed by atoms with E-state index in [1.54, 1.807) is 13.8 Å². The van der Waals surface area contributed by atoms with E-state index in [2.05, 4.69) is 12.2 Å². The lowest BCUT2D eigenvalue weighted by molar-refractivity contribution is 0.213. The van der Waals surface area contributed by atoms with Crippen molar-refractivity contribution in [1.82, 2.24) is 5.32 Å². The average Bonchev–Trinajstić information content (AvgIpc) is 2.73. The highest BCUT2D eigenvalue weighted by Gasteiger charge is 2.37. The van der Waals surface area contributed by atoms with Gasteiger partial charge in [0, 0.05) is 12.0 Å². The van der Waals surface area contributed by atoms with Gasteiger partial charge in [-0.3, -0.25) is 0 Å². The van der Waals surface area contributed by atoms with Gasteiger partial charge in [0.1, 0.15) is 5.67 Å². The van der Waals surface area contributed by atoms with Crippen molar-refractivity contribution >= 4 is 0 Å². The van der Waals surface area contributed by atoms with E-state index in [1.807, 2.05) is 12.1 Å². The van der Waals surface area contributed by atoms with Gasteiger partial charge in [0.25, 0.3) is 0 Å². The minimum absolute atomic E-state index is 0.191. The van der Waals surface area contributed by atoms with Gasteiger partial charge in [-0.1, -0.05) is 0 Å². The van der Waals surface area contributed by atoms with Crippen LogP contribution in [0.4, 0.5) is 4.39 Å². The Morgan fingerprint density at radius 1 is 1.14 bits per heavy atom. The van der Waals surface area contributed by atoms with E-state index >= 15 is 0 Å². The van der Waals surface area contributed by atoms with E-state index < -0.39 is 5.67 Å². The summed E-state index contributed by atoms with van der Waals surface area (Å²) in [7, 11) is 0. The van der Waals surface area contributed by atoms with Gasteiger partial charge in [0.05, 0.1) is 13.2 Å². The molecule has 21 heavy (non-hydrogen) atoms. The topological polar surface area (TPSA) is 30.5 Å². The predicted octanol–water partition coefficient (Wildman–Crippen LogP) is 3.65. The Hall–Kier alpha value is -1.29. The van der Waals surface area contributed by atoms with Crippen LogP contribution in [0.25, 0.3) is 0 Å². The van der Waals surface area contributed by atoms with Crippen molar-refractivity contribution in [3.05, 3.63) is 23.3 Å². The molecule has 2 heterocycles. The van der Waals surface area contributed by atoms with Crippen LogP contribution >= 0.6 is 0 Å². The fraction of sp³-hybridized carbons (Fsp3) is 0.647. The molecular weight excluding hydrogens is 269 g/mol. The average molecular weight is 293 g/mol. The first-order valence-corrected chi connectivity index (χ1v) is 7.79. The minimum atomic E-state index is -1.41. The summed E-state index contributed by atoms with van der Waals surface area (Å²) >= 11 is 0. The summed E-state index contributed by atoms with van der Waals surface area (Å²) in [5.74, 6) is 1.41. The van der Waals surface area contributed by atoms with Crippen molar-refractivity contribution in [2.75, 3.05) is 19.8 Å². The molecule has 0 bridgehead atoms. The normalized spacial score (nSPS) is 25.7. The molecule has 0 aromatic heterocycles. The lowest BCUT2D eigenvalue weighted by Crippen LogP contribution is -2.35. The predicted molar refractivity (Wildman–Crippen MR) is 80.8 cm³/mol. The number of nitrogens with one attached hydrogen (secondary N) is 1. The third-order valence-corrected chi connectivity index (χ3v) is 4.49. The Morgan fingerprint density at radius 3 is 2.38 bits per heavy atom. The highest BCUT2D eigenvalue weighted by Crippen LogP contribution is 2.44. The number of ether oxygens (including phenoxy) is 2. The molecule has 116 valence electrons. The summed E-state index contributed by atoms with van der Waals surface area (Å²) in [6, 6.07) is 3.82. The molecule has 1 N–H and O–H groups in total. The molecule has 1 fully saturated rings. The molecule has 4 heteroatoms. The number of halogens is 1. The van der Waals surface area contributed by atoms with Gasteiger partial charge in [-0.2, -0.15) is 0 Å². The van der Waals surface area contributed by atoms with Gasteiger partial charge in [0.2, 0.25) is 0 Å². The summed E-state index contributed by atoms with van der Waals surface area (Å²) in [4.78, 5) is 0. The van der Waals surface area contributed by atoms with E-state index in [-0.39, 0.29) is 5.54 Å². The van der Waals surface area contributed by atoms with Crippen LogP contribution in [-0.2, 0) is 11.2 Å². The summed E-state index contributed by atoms with van der Waals surface area (Å²) < 4.78 is 26.3. The van der Waals surface area contributed by atoms with Crippen molar-refractivity contribution in [3.63, 3.8) is 0 Å². The van der Waals surface area contributed by atoms with E-state index in [1.165, 1.54) is 0 Å². The second-order valence-electron chi connectivity index (χ2n) is 6.73. The second-order valence-corrected chi connectivity index (χ2v) is 6.73. The molecule has 1 saturated heterocycles. The lowest BCUT2D eigenvalue weighted by atomic mass is 9.82. The van der Waals surface area contributed by atoms with Crippen LogP contribution in [0.5, 0.6) is 11.5 Å². The molecule has 2 aliphatic heterocycles. The van der Waals surface area contributed by atoms with Gasteiger partial charge < -0.3 is 14.8 Å². The second kappa shape index (κ2) is 5.16. The first-order valence-electron chi connectivity index (χ1n) is 7.79. The van der Waals surface area contributed by atoms with E-state index in [0.717, 1.165) is 37.1 Å². The first kappa shape index (κ1) is 14.6. The first-order chi connectivity index (χ1) is 9.90. The quantitative estimate of drug-likeness (QED) is 0.903. The Labute approximate surface area is 125 Å². The van der Waals surface area contributed by atoms with Crippen LogP contribution in [0.1, 0.15) is 51.2 Å². The van der Waals surface area contributed by atoms with Crippen LogP contribution in [0.15, 0.2) is 12.1 Å².